The van der Waals surface area contributed by atoms with Gasteiger partial charge in [0.2, 0.25) is 0 Å². The highest BCUT2D eigenvalue weighted by Gasteiger charge is 2.08. The van der Waals surface area contributed by atoms with Gasteiger partial charge in [-0.15, -0.1) is 0 Å². The van der Waals surface area contributed by atoms with E-state index in [2.05, 4.69) is 23.3 Å². The molecular weight excluding hydrogens is 253 g/mol. The molecular formula is C16H16FN3. The van der Waals surface area contributed by atoms with Crippen molar-refractivity contribution in [2.75, 3.05) is 6.54 Å². The molecule has 0 saturated carbocycles. The Hall–Kier alpha value is -2.25. The SMILES string of the molecule is CCCNCc1ccc(F)cc1-c1cncc(C#N)c1. The van der Waals surface area contributed by atoms with Gasteiger partial charge in [-0.2, -0.15) is 5.26 Å². The van der Waals surface area contributed by atoms with Crippen molar-refractivity contribution in [3.05, 3.63) is 53.6 Å². The van der Waals surface area contributed by atoms with Crippen LogP contribution in [0.4, 0.5) is 4.39 Å². The summed E-state index contributed by atoms with van der Waals surface area (Å²) in [4.78, 5) is 4.03. The number of rotatable bonds is 5. The maximum Gasteiger partial charge on any atom is 0.123 e. The fraction of sp³-hybridized carbons (Fsp3) is 0.250. The summed E-state index contributed by atoms with van der Waals surface area (Å²) in [5, 5.41) is 12.2. The molecule has 0 aliphatic heterocycles. The maximum absolute atomic E-state index is 13.5. The van der Waals surface area contributed by atoms with Gasteiger partial charge in [-0.05, 0) is 42.3 Å². The third-order valence-electron chi connectivity index (χ3n) is 2.99. The van der Waals surface area contributed by atoms with Crippen LogP contribution in [0, 0.1) is 17.1 Å². The Morgan fingerprint density at radius 1 is 1.30 bits per heavy atom. The van der Waals surface area contributed by atoms with E-state index in [4.69, 9.17) is 5.26 Å². The summed E-state index contributed by atoms with van der Waals surface area (Å²) < 4.78 is 13.5. The van der Waals surface area contributed by atoms with E-state index in [9.17, 15) is 4.39 Å². The van der Waals surface area contributed by atoms with Crippen LogP contribution in [-0.4, -0.2) is 11.5 Å². The minimum Gasteiger partial charge on any atom is -0.313 e. The number of nitrogens with one attached hydrogen (secondary N) is 1. The zero-order chi connectivity index (χ0) is 14.4. The molecule has 1 heterocycles. The quantitative estimate of drug-likeness (QED) is 0.847. The fourth-order valence-corrected chi connectivity index (χ4v) is 2.02. The third-order valence-corrected chi connectivity index (χ3v) is 2.99. The molecule has 20 heavy (non-hydrogen) atoms. The number of benzene rings is 1. The standard InChI is InChI=1S/C16H16FN3/c1-2-5-19-10-13-3-4-15(17)7-16(13)14-6-12(8-18)9-20-11-14/h3-4,6-7,9,11,19H,2,5,10H2,1H3. The minimum absolute atomic E-state index is 0.290. The Labute approximate surface area is 118 Å². The first kappa shape index (κ1) is 14.2. The molecule has 2 aromatic rings. The Morgan fingerprint density at radius 3 is 2.90 bits per heavy atom. The summed E-state index contributed by atoms with van der Waals surface area (Å²) in [6.45, 7) is 3.67. The van der Waals surface area contributed by atoms with Crippen molar-refractivity contribution in [3.8, 4) is 17.2 Å². The molecule has 0 unspecified atom stereocenters. The molecule has 102 valence electrons. The van der Waals surface area contributed by atoms with Crippen LogP contribution in [0.1, 0.15) is 24.5 Å². The van der Waals surface area contributed by atoms with Gasteiger partial charge in [-0.3, -0.25) is 4.98 Å². The van der Waals surface area contributed by atoms with Gasteiger partial charge < -0.3 is 5.32 Å². The molecule has 0 fully saturated rings. The summed E-state index contributed by atoms with van der Waals surface area (Å²) in [7, 11) is 0. The van der Waals surface area contributed by atoms with Crippen LogP contribution in [0.25, 0.3) is 11.1 Å². The highest BCUT2D eigenvalue weighted by Crippen LogP contribution is 2.25. The van der Waals surface area contributed by atoms with Crippen molar-refractivity contribution in [2.45, 2.75) is 19.9 Å². The van der Waals surface area contributed by atoms with Crippen molar-refractivity contribution < 1.29 is 4.39 Å². The Bertz CT molecular complexity index is 632. The summed E-state index contributed by atoms with van der Waals surface area (Å²) >= 11 is 0. The van der Waals surface area contributed by atoms with Crippen LogP contribution in [0.15, 0.2) is 36.7 Å². The fourth-order valence-electron chi connectivity index (χ4n) is 2.02. The second kappa shape index (κ2) is 6.78. The van der Waals surface area contributed by atoms with E-state index in [1.165, 1.54) is 18.3 Å². The Morgan fingerprint density at radius 2 is 2.15 bits per heavy atom. The van der Waals surface area contributed by atoms with Crippen LogP contribution >= 0.6 is 0 Å². The number of halogens is 1. The zero-order valence-electron chi connectivity index (χ0n) is 11.4. The molecule has 3 nitrogen and oxygen atoms in total. The second-order valence-electron chi connectivity index (χ2n) is 4.55. The molecule has 0 amide bonds. The van der Waals surface area contributed by atoms with E-state index in [-0.39, 0.29) is 5.82 Å². The van der Waals surface area contributed by atoms with E-state index in [1.54, 1.807) is 18.3 Å². The normalized spacial score (nSPS) is 10.2. The van der Waals surface area contributed by atoms with E-state index in [0.717, 1.165) is 29.7 Å². The predicted molar refractivity (Wildman–Crippen MR) is 76.3 cm³/mol. The minimum atomic E-state index is -0.290. The first-order valence-corrected chi connectivity index (χ1v) is 6.59. The summed E-state index contributed by atoms with van der Waals surface area (Å²) in [6, 6.07) is 8.49. The zero-order valence-corrected chi connectivity index (χ0v) is 11.4. The van der Waals surface area contributed by atoms with Crippen molar-refractivity contribution in [1.82, 2.24) is 10.3 Å². The van der Waals surface area contributed by atoms with Crippen molar-refractivity contribution in [1.29, 1.82) is 5.26 Å². The summed E-state index contributed by atoms with van der Waals surface area (Å²) in [5.41, 5.74) is 3.01. The van der Waals surface area contributed by atoms with Gasteiger partial charge in [0.05, 0.1) is 5.56 Å². The highest BCUT2D eigenvalue weighted by molar-refractivity contribution is 5.67. The van der Waals surface area contributed by atoms with E-state index in [0.29, 0.717) is 12.1 Å². The lowest BCUT2D eigenvalue weighted by Gasteiger charge is -2.11. The van der Waals surface area contributed by atoms with Crippen molar-refractivity contribution in [3.63, 3.8) is 0 Å². The molecule has 1 N–H and O–H groups in total. The average Bonchev–Trinajstić information content (AvgIpc) is 2.49. The number of pyridine rings is 1. The maximum atomic E-state index is 13.5. The summed E-state index contributed by atoms with van der Waals surface area (Å²) in [6.07, 6.45) is 4.19. The Balaban J connectivity index is 2.37. The van der Waals surface area contributed by atoms with Gasteiger partial charge in [0, 0.05) is 24.5 Å². The molecule has 0 aliphatic rings. The summed E-state index contributed by atoms with van der Waals surface area (Å²) in [5.74, 6) is -0.290. The van der Waals surface area contributed by atoms with E-state index < -0.39 is 0 Å². The molecule has 0 atom stereocenters. The average molecular weight is 269 g/mol. The third kappa shape index (κ3) is 3.40. The first-order chi connectivity index (χ1) is 9.74. The molecule has 0 bridgehead atoms. The second-order valence-corrected chi connectivity index (χ2v) is 4.55. The number of hydrogen-bond donors (Lipinski definition) is 1. The molecule has 0 aliphatic carbocycles. The van der Waals surface area contributed by atoms with Gasteiger partial charge in [0.25, 0.3) is 0 Å². The highest BCUT2D eigenvalue weighted by atomic mass is 19.1. The molecule has 2 rings (SSSR count). The van der Waals surface area contributed by atoms with Gasteiger partial charge in [0.15, 0.2) is 0 Å². The lowest BCUT2D eigenvalue weighted by atomic mass is 10.00. The molecule has 1 aromatic heterocycles. The Kier molecular flexibility index (Phi) is 4.80. The number of nitrogens with zero attached hydrogens (tertiary/aromatic N) is 2. The van der Waals surface area contributed by atoms with Crippen LogP contribution in [0.3, 0.4) is 0 Å². The van der Waals surface area contributed by atoms with Crippen LogP contribution in [-0.2, 0) is 6.54 Å². The van der Waals surface area contributed by atoms with Crippen LogP contribution in [0.5, 0.6) is 0 Å². The molecule has 0 spiro atoms. The lowest BCUT2D eigenvalue weighted by Crippen LogP contribution is -2.14. The van der Waals surface area contributed by atoms with Crippen LogP contribution < -0.4 is 5.32 Å². The van der Waals surface area contributed by atoms with E-state index >= 15 is 0 Å². The van der Waals surface area contributed by atoms with Gasteiger partial charge in [0.1, 0.15) is 11.9 Å². The molecule has 0 radical (unpaired) electrons. The molecule has 4 heteroatoms. The topological polar surface area (TPSA) is 48.7 Å². The molecule has 0 saturated heterocycles. The van der Waals surface area contributed by atoms with Crippen molar-refractivity contribution >= 4 is 0 Å². The van der Waals surface area contributed by atoms with Gasteiger partial charge >= 0.3 is 0 Å². The number of aromatic nitrogens is 1. The lowest BCUT2D eigenvalue weighted by molar-refractivity contribution is 0.625. The van der Waals surface area contributed by atoms with Gasteiger partial charge in [-0.1, -0.05) is 13.0 Å². The largest absolute Gasteiger partial charge is 0.313 e. The monoisotopic (exact) mass is 269 g/mol. The predicted octanol–water partition coefficient (Wildman–Crippen LogP) is 3.26. The first-order valence-electron chi connectivity index (χ1n) is 6.59. The number of nitriles is 1. The van der Waals surface area contributed by atoms with E-state index in [1.807, 2.05) is 0 Å². The van der Waals surface area contributed by atoms with Gasteiger partial charge in [-0.25, -0.2) is 4.39 Å². The molecule has 1 aromatic carbocycles. The smallest absolute Gasteiger partial charge is 0.123 e. The van der Waals surface area contributed by atoms with Crippen LogP contribution in [0.2, 0.25) is 0 Å². The number of hydrogen-bond acceptors (Lipinski definition) is 3. The van der Waals surface area contributed by atoms with Crippen molar-refractivity contribution in [2.24, 2.45) is 0 Å².